The predicted octanol–water partition coefficient (Wildman–Crippen LogP) is 2.96. The van der Waals surface area contributed by atoms with Crippen molar-refractivity contribution in [2.24, 2.45) is 5.92 Å². The fourth-order valence-electron chi connectivity index (χ4n) is 2.01. The molecule has 6 heteroatoms. The molecule has 2 N–H and O–H groups in total. The van der Waals surface area contributed by atoms with E-state index < -0.39 is 10.0 Å². The van der Waals surface area contributed by atoms with E-state index in [9.17, 15) is 8.42 Å². The SMILES string of the molecule is CNCc1csc(S(=O)(=O)NC(C)CCCC(C)C)c1. The third-order valence-corrected chi connectivity index (χ3v) is 6.13. The van der Waals surface area contributed by atoms with Crippen molar-refractivity contribution in [1.29, 1.82) is 0 Å². The maximum absolute atomic E-state index is 12.2. The summed E-state index contributed by atoms with van der Waals surface area (Å²) >= 11 is 1.28. The van der Waals surface area contributed by atoms with Crippen LogP contribution in [0.3, 0.4) is 0 Å². The van der Waals surface area contributed by atoms with Gasteiger partial charge in [0.15, 0.2) is 0 Å². The first-order valence-electron chi connectivity index (χ1n) is 7.09. The average Bonchev–Trinajstić information content (AvgIpc) is 2.77. The van der Waals surface area contributed by atoms with Crippen LogP contribution < -0.4 is 10.0 Å². The standard InChI is InChI=1S/C14H26N2O2S2/c1-11(2)6-5-7-12(3)16-20(17,18)14-8-13(9-15-4)10-19-14/h8,10-12,15-16H,5-7,9H2,1-4H3. The van der Waals surface area contributed by atoms with Crippen LogP contribution in [0.4, 0.5) is 0 Å². The molecular weight excluding hydrogens is 292 g/mol. The molecule has 1 rings (SSSR count). The summed E-state index contributed by atoms with van der Waals surface area (Å²) in [5, 5.41) is 4.90. The van der Waals surface area contributed by atoms with E-state index in [-0.39, 0.29) is 6.04 Å². The van der Waals surface area contributed by atoms with Gasteiger partial charge in [0.2, 0.25) is 10.0 Å². The second-order valence-corrected chi connectivity index (χ2v) is 8.50. The molecule has 0 fully saturated rings. The van der Waals surface area contributed by atoms with Gasteiger partial charge in [-0.15, -0.1) is 11.3 Å². The van der Waals surface area contributed by atoms with Gasteiger partial charge in [0.05, 0.1) is 0 Å². The van der Waals surface area contributed by atoms with E-state index >= 15 is 0 Å². The number of hydrogen-bond donors (Lipinski definition) is 2. The van der Waals surface area contributed by atoms with Gasteiger partial charge in [-0.1, -0.05) is 26.7 Å². The van der Waals surface area contributed by atoms with Crippen LogP contribution in [0.2, 0.25) is 0 Å². The molecular formula is C14H26N2O2S2. The number of hydrogen-bond acceptors (Lipinski definition) is 4. The summed E-state index contributed by atoms with van der Waals surface area (Å²) in [7, 11) is -1.52. The summed E-state index contributed by atoms with van der Waals surface area (Å²) in [6.45, 7) is 6.99. The lowest BCUT2D eigenvalue weighted by atomic mass is 10.0. The fourth-order valence-corrected chi connectivity index (χ4v) is 4.51. The molecule has 4 nitrogen and oxygen atoms in total. The molecule has 0 spiro atoms. The van der Waals surface area contributed by atoms with E-state index in [2.05, 4.69) is 23.9 Å². The Morgan fingerprint density at radius 2 is 1.95 bits per heavy atom. The second-order valence-electron chi connectivity index (χ2n) is 5.65. The van der Waals surface area contributed by atoms with E-state index in [1.54, 1.807) is 6.07 Å². The smallest absolute Gasteiger partial charge is 0.250 e. The zero-order valence-electron chi connectivity index (χ0n) is 12.8. The van der Waals surface area contributed by atoms with Crippen LogP contribution in [-0.2, 0) is 16.6 Å². The number of thiophene rings is 1. The molecule has 1 aromatic heterocycles. The van der Waals surface area contributed by atoms with Gasteiger partial charge in [-0.2, -0.15) is 0 Å². The average molecular weight is 319 g/mol. The van der Waals surface area contributed by atoms with Crippen molar-refractivity contribution in [3.63, 3.8) is 0 Å². The summed E-state index contributed by atoms with van der Waals surface area (Å²) in [5.41, 5.74) is 1.00. The molecule has 1 atom stereocenters. The molecule has 0 aliphatic carbocycles. The van der Waals surface area contributed by atoms with Crippen molar-refractivity contribution < 1.29 is 8.42 Å². The molecule has 20 heavy (non-hydrogen) atoms. The third-order valence-electron chi connectivity index (χ3n) is 3.05. The molecule has 0 aliphatic rings. The predicted molar refractivity (Wildman–Crippen MR) is 85.6 cm³/mol. The number of sulfonamides is 1. The topological polar surface area (TPSA) is 58.2 Å². The Morgan fingerprint density at radius 3 is 2.55 bits per heavy atom. The van der Waals surface area contributed by atoms with Crippen molar-refractivity contribution in [3.05, 3.63) is 17.0 Å². The monoisotopic (exact) mass is 318 g/mol. The van der Waals surface area contributed by atoms with Crippen molar-refractivity contribution in [2.45, 2.75) is 56.8 Å². The molecule has 0 saturated heterocycles. The van der Waals surface area contributed by atoms with Gasteiger partial charge in [-0.05, 0) is 43.3 Å². The van der Waals surface area contributed by atoms with E-state index in [4.69, 9.17) is 0 Å². The molecule has 0 aromatic carbocycles. The zero-order chi connectivity index (χ0) is 15.2. The third kappa shape index (κ3) is 5.91. The van der Waals surface area contributed by atoms with Gasteiger partial charge >= 0.3 is 0 Å². The second kappa shape index (κ2) is 8.12. The van der Waals surface area contributed by atoms with Crippen LogP contribution in [0.25, 0.3) is 0 Å². The van der Waals surface area contributed by atoms with Gasteiger partial charge in [-0.3, -0.25) is 0 Å². The van der Waals surface area contributed by atoms with Crippen molar-refractivity contribution in [1.82, 2.24) is 10.0 Å². The van der Waals surface area contributed by atoms with Gasteiger partial charge in [-0.25, -0.2) is 13.1 Å². The van der Waals surface area contributed by atoms with Crippen LogP contribution >= 0.6 is 11.3 Å². The summed E-state index contributed by atoms with van der Waals surface area (Å²) < 4.78 is 27.6. The molecule has 1 aromatic rings. The fraction of sp³-hybridized carbons (Fsp3) is 0.714. The van der Waals surface area contributed by atoms with Gasteiger partial charge < -0.3 is 5.32 Å². The minimum absolute atomic E-state index is 0.0198. The van der Waals surface area contributed by atoms with Crippen molar-refractivity contribution >= 4 is 21.4 Å². The highest BCUT2D eigenvalue weighted by molar-refractivity contribution is 7.91. The molecule has 0 aliphatic heterocycles. The van der Waals surface area contributed by atoms with E-state index in [1.165, 1.54) is 11.3 Å². The zero-order valence-corrected chi connectivity index (χ0v) is 14.4. The maximum atomic E-state index is 12.2. The lowest BCUT2D eigenvalue weighted by molar-refractivity contribution is 0.489. The Bertz CT molecular complexity index is 495. The van der Waals surface area contributed by atoms with Gasteiger partial charge in [0.25, 0.3) is 0 Å². The van der Waals surface area contributed by atoms with Crippen LogP contribution in [0, 0.1) is 5.92 Å². The normalized spacial score (nSPS) is 13.8. The first-order chi connectivity index (χ1) is 9.35. The van der Waals surface area contributed by atoms with Gasteiger partial charge in [0.1, 0.15) is 4.21 Å². The number of nitrogens with one attached hydrogen (secondary N) is 2. The van der Waals surface area contributed by atoms with Crippen LogP contribution in [-0.4, -0.2) is 21.5 Å². The molecule has 0 radical (unpaired) electrons. The minimum atomic E-state index is -3.37. The summed E-state index contributed by atoms with van der Waals surface area (Å²) in [6.07, 6.45) is 3.07. The molecule has 0 amide bonds. The van der Waals surface area contributed by atoms with Crippen LogP contribution in [0.15, 0.2) is 15.7 Å². The highest BCUT2D eigenvalue weighted by atomic mass is 32.2. The number of rotatable bonds is 9. The molecule has 1 heterocycles. The Morgan fingerprint density at radius 1 is 1.25 bits per heavy atom. The summed E-state index contributed by atoms with van der Waals surface area (Å²) in [5.74, 6) is 0.667. The first-order valence-corrected chi connectivity index (χ1v) is 9.45. The molecule has 1 unspecified atom stereocenters. The van der Waals surface area contributed by atoms with Gasteiger partial charge in [0, 0.05) is 12.6 Å². The minimum Gasteiger partial charge on any atom is -0.316 e. The highest BCUT2D eigenvalue weighted by Gasteiger charge is 2.19. The Kier molecular flexibility index (Phi) is 7.15. The molecule has 116 valence electrons. The van der Waals surface area contributed by atoms with Crippen LogP contribution in [0.1, 0.15) is 45.6 Å². The summed E-state index contributed by atoms with van der Waals surface area (Å²) in [6, 6.07) is 1.72. The van der Waals surface area contributed by atoms with E-state index in [0.29, 0.717) is 16.7 Å². The lowest BCUT2D eigenvalue weighted by Gasteiger charge is -2.13. The van der Waals surface area contributed by atoms with Crippen molar-refractivity contribution in [2.75, 3.05) is 7.05 Å². The van der Waals surface area contributed by atoms with E-state index in [0.717, 1.165) is 24.8 Å². The first kappa shape index (κ1) is 17.6. The molecule has 0 saturated carbocycles. The molecule has 0 bridgehead atoms. The summed E-state index contributed by atoms with van der Waals surface area (Å²) in [4.78, 5) is 0. The highest BCUT2D eigenvalue weighted by Crippen LogP contribution is 2.21. The Labute approximate surface area is 127 Å². The van der Waals surface area contributed by atoms with Crippen LogP contribution in [0.5, 0.6) is 0 Å². The lowest BCUT2D eigenvalue weighted by Crippen LogP contribution is -2.32. The maximum Gasteiger partial charge on any atom is 0.250 e. The Hall–Kier alpha value is -0.430. The quantitative estimate of drug-likeness (QED) is 0.736. The Balaban J connectivity index is 2.55. The van der Waals surface area contributed by atoms with E-state index in [1.807, 2.05) is 19.4 Å². The largest absolute Gasteiger partial charge is 0.316 e. The van der Waals surface area contributed by atoms with Crippen molar-refractivity contribution in [3.8, 4) is 0 Å².